The van der Waals surface area contributed by atoms with E-state index in [9.17, 15) is 5.11 Å². The molecule has 0 saturated carbocycles. The van der Waals surface area contributed by atoms with Gasteiger partial charge in [0.25, 0.3) is 0 Å². The van der Waals surface area contributed by atoms with Crippen molar-refractivity contribution < 1.29 is 5.11 Å². The van der Waals surface area contributed by atoms with Crippen LogP contribution in [-0.4, -0.2) is 37.8 Å². The molecule has 1 aromatic carbocycles. The van der Waals surface area contributed by atoms with E-state index in [1.165, 1.54) is 17.0 Å². The van der Waals surface area contributed by atoms with Gasteiger partial charge in [-0.1, -0.05) is 24.3 Å². The van der Waals surface area contributed by atoms with Gasteiger partial charge in [0.2, 0.25) is 0 Å². The third-order valence-electron chi connectivity index (χ3n) is 5.56. The summed E-state index contributed by atoms with van der Waals surface area (Å²) in [4.78, 5) is 6.79. The summed E-state index contributed by atoms with van der Waals surface area (Å²) in [7, 11) is 0. The highest BCUT2D eigenvalue weighted by Gasteiger charge is 2.41. The lowest BCUT2D eigenvalue weighted by Gasteiger charge is -2.28. The standard InChI is InChI=1S/C23H26N4OS/c1-16-15-19(17(2)27(16)18-9-4-3-5-10-18)22-21(20-11-6-7-12-24-20)25-23(29)26(22)13-8-14-28/h3-7,9-12,15,21-22,28H,8,13-14H2,1-2H3,(H,25,29). The van der Waals surface area contributed by atoms with Crippen LogP contribution in [0, 0.1) is 13.8 Å². The Kier molecular flexibility index (Phi) is 5.65. The molecule has 3 heterocycles. The number of hydrogen-bond acceptors (Lipinski definition) is 3. The Balaban J connectivity index is 1.81. The van der Waals surface area contributed by atoms with Gasteiger partial charge in [-0.25, -0.2) is 0 Å². The highest BCUT2D eigenvalue weighted by Crippen LogP contribution is 2.41. The molecule has 5 nitrogen and oxygen atoms in total. The van der Waals surface area contributed by atoms with Crippen LogP contribution in [0.15, 0.2) is 60.8 Å². The van der Waals surface area contributed by atoms with Gasteiger partial charge in [-0.3, -0.25) is 4.98 Å². The van der Waals surface area contributed by atoms with Crippen molar-refractivity contribution in [3.8, 4) is 5.69 Å². The highest BCUT2D eigenvalue weighted by molar-refractivity contribution is 7.80. The molecule has 1 fully saturated rings. The molecular weight excluding hydrogens is 380 g/mol. The van der Waals surface area contributed by atoms with E-state index in [1.54, 1.807) is 0 Å². The number of nitrogens with zero attached hydrogens (tertiary/aromatic N) is 3. The first kappa shape index (κ1) is 19.6. The molecule has 0 radical (unpaired) electrons. The lowest BCUT2D eigenvalue weighted by atomic mass is 9.96. The molecule has 2 aromatic heterocycles. The molecule has 2 unspecified atom stereocenters. The van der Waals surface area contributed by atoms with Gasteiger partial charge in [0.1, 0.15) is 0 Å². The molecule has 150 valence electrons. The second kappa shape index (κ2) is 8.35. The van der Waals surface area contributed by atoms with Gasteiger partial charge in [0.15, 0.2) is 5.11 Å². The lowest BCUT2D eigenvalue weighted by Crippen LogP contribution is -2.31. The van der Waals surface area contributed by atoms with Gasteiger partial charge in [0, 0.05) is 36.4 Å². The molecule has 2 N–H and O–H groups in total. The van der Waals surface area contributed by atoms with Crippen molar-refractivity contribution in [2.45, 2.75) is 32.4 Å². The van der Waals surface area contributed by atoms with Crippen molar-refractivity contribution in [1.82, 2.24) is 19.8 Å². The second-order valence-electron chi connectivity index (χ2n) is 7.39. The minimum Gasteiger partial charge on any atom is -0.396 e. The molecule has 0 amide bonds. The number of pyridine rings is 1. The molecule has 0 bridgehead atoms. The molecule has 4 rings (SSSR count). The quantitative estimate of drug-likeness (QED) is 0.609. The van der Waals surface area contributed by atoms with Gasteiger partial charge in [-0.15, -0.1) is 0 Å². The number of aromatic nitrogens is 2. The largest absolute Gasteiger partial charge is 0.396 e. The Morgan fingerprint density at radius 2 is 1.86 bits per heavy atom. The summed E-state index contributed by atoms with van der Waals surface area (Å²) >= 11 is 5.68. The fourth-order valence-electron chi connectivity index (χ4n) is 4.29. The Morgan fingerprint density at radius 3 is 2.55 bits per heavy atom. The van der Waals surface area contributed by atoms with Crippen molar-refractivity contribution >= 4 is 17.3 Å². The van der Waals surface area contributed by atoms with Crippen molar-refractivity contribution in [3.05, 3.63) is 83.4 Å². The third-order valence-corrected chi connectivity index (χ3v) is 5.91. The fraction of sp³-hybridized carbons (Fsp3) is 0.304. The van der Waals surface area contributed by atoms with Crippen LogP contribution in [-0.2, 0) is 0 Å². The van der Waals surface area contributed by atoms with E-state index in [0.29, 0.717) is 18.1 Å². The maximum atomic E-state index is 9.40. The van der Waals surface area contributed by atoms with E-state index < -0.39 is 0 Å². The number of hydrogen-bond donors (Lipinski definition) is 2. The van der Waals surface area contributed by atoms with Gasteiger partial charge in [0.05, 0.1) is 17.8 Å². The van der Waals surface area contributed by atoms with Crippen molar-refractivity contribution in [3.63, 3.8) is 0 Å². The average molecular weight is 407 g/mol. The zero-order valence-electron chi connectivity index (χ0n) is 16.7. The molecular formula is C23H26N4OS. The summed E-state index contributed by atoms with van der Waals surface area (Å²) in [6.45, 7) is 5.14. The topological polar surface area (TPSA) is 53.3 Å². The van der Waals surface area contributed by atoms with Crippen molar-refractivity contribution in [2.75, 3.05) is 13.2 Å². The van der Waals surface area contributed by atoms with Crippen LogP contribution >= 0.6 is 12.2 Å². The van der Waals surface area contributed by atoms with E-state index in [0.717, 1.165) is 11.4 Å². The van der Waals surface area contributed by atoms with Crippen LogP contribution in [0.5, 0.6) is 0 Å². The Bertz CT molecular complexity index is 987. The van der Waals surface area contributed by atoms with Crippen LogP contribution < -0.4 is 5.32 Å². The number of thiocarbonyl (C=S) groups is 1. The lowest BCUT2D eigenvalue weighted by molar-refractivity contribution is 0.247. The number of nitrogens with one attached hydrogen (secondary N) is 1. The summed E-state index contributed by atoms with van der Waals surface area (Å²) in [5.74, 6) is 0. The predicted molar refractivity (Wildman–Crippen MR) is 119 cm³/mol. The van der Waals surface area contributed by atoms with Gasteiger partial charge >= 0.3 is 0 Å². The minimum absolute atomic E-state index is 0.0209. The second-order valence-corrected chi connectivity index (χ2v) is 7.78. The molecule has 6 heteroatoms. The maximum Gasteiger partial charge on any atom is 0.170 e. The minimum atomic E-state index is -0.0351. The first-order valence-corrected chi connectivity index (χ1v) is 10.4. The Labute approximate surface area is 177 Å². The van der Waals surface area contributed by atoms with Crippen molar-refractivity contribution in [1.29, 1.82) is 0 Å². The molecule has 0 spiro atoms. The number of aryl methyl sites for hydroxylation is 1. The Morgan fingerprint density at radius 1 is 1.10 bits per heavy atom. The third kappa shape index (κ3) is 3.66. The SMILES string of the molecule is Cc1cc(C2C(c3ccccn3)NC(=S)N2CCCO)c(C)n1-c1ccccc1. The first-order chi connectivity index (χ1) is 14.1. The number of aliphatic hydroxyl groups excluding tert-OH is 1. The zero-order valence-corrected chi connectivity index (χ0v) is 17.6. The molecule has 1 saturated heterocycles. The Hall–Kier alpha value is -2.70. The highest BCUT2D eigenvalue weighted by atomic mass is 32.1. The van der Waals surface area contributed by atoms with E-state index in [2.05, 4.69) is 63.9 Å². The predicted octanol–water partition coefficient (Wildman–Crippen LogP) is 3.84. The molecule has 29 heavy (non-hydrogen) atoms. The van der Waals surface area contributed by atoms with E-state index >= 15 is 0 Å². The molecule has 3 aromatic rings. The number of rotatable bonds is 6. The van der Waals surface area contributed by atoms with E-state index in [4.69, 9.17) is 12.2 Å². The van der Waals surface area contributed by atoms with Gasteiger partial charge in [-0.2, -0.15) is 0 Å². The first-order valence-electron chi connectivity index (χ1n) is 9.95. The summed E-state index contributed by atoms with van der Waals surface area (Å²) in [6, 6.07) is 18.6. The van der Waals surface area contributed by atoms with Crippen LogP contribution in [0.2, 0.25) is 0 Å². The number of aliphatic hydroxyl groups is 1. The maximum absolute atomic E-state index is 9.40. The average Bonchev–Trinajstić information content (AvgIpc) is 3.23. The van der Waals surface area contributed by atoms with Gasteiger partial charge < -0.3 is 19.9 Å². The van der Waals surface area contributed by atoms with E-state index in [1.807, 2.05) is 30.5 Å². The summed E-state index contributed by atoms with van der Waals surface area (Å²) in [6.07, 6.45) is 2.49. The van der Waals surface area contributed by atoms with Gasteiger partial charge in [-0.05, 0) is 68.4 Å². The summed E-state index contributed by atoms with van der Waals surface area (Å²) in [5, 5.41) is 13.6. The monoisotopic (exact) mass is 406 g/mol. The molecule has 2 atom stereocenters. The smallest absolute Gasteiger partial charge is 0.170 e. The summed E-state index contributed by atoms with van der Waals surface area (Å²) in [5.41, 5.74) is 5.73. The normalized spacial score (nSPS) is 18.9. The molecule has 1 aliphatic heterocycles. The zero-order chi connectivity index (χ0) is 20.4. The molecule has 0 aliphatic carbocycles. The number of para-hydroxylation sites is 1. The van der Waals surface area contributed by atoms with Crippen LogP contribution in [0.3, 0.4) is 0 Å². The molecule has 1 aliphatic rings. The number of benzene rings is 1. The van der Waals surface area contributed by atoms with E-state index in [-0.39, 0.29) is 18.7 Å². The van der Waals surface area contributed by atoms with Crippen LogP contribution in [0.1, 0.15) is 41.1 Å². The van der Waals surface area contributed by atoms with Crippen molar-refractivity contribution in [2.24, 2.45) is 0 Å². The van der Waals surface area contributed by atoms with Crippen LogP contribution in [0.25, 0.3) is 5.69 Å². The summed E-state index contributed by atoms with van der Waals surface area (Å²) < 4.78 is 2.29. The van der Waals surface area contributed by atoms with Crippen LogP contribution in [0.4, 0.5) is 0 Å². The fourth-order valence-corrected chi connectivity index (χ4v) is 4.62.